The minimum absolute atomic E-state index is 0.0611. The molecule has 1 heterocycles. The number of halogens is 1. The van der Waals surface area contributed by atoms with Gasteiger partial charge in [-0.25, -0.2) is 0 Å². The summed E-state index contributed by atoms with van der Waals surface area (Å²) in [5.41, 5.74) is 0.790. The third kappa shape index (κ3) is 1.93. The highest BCUT2D eigenvalue weighted by Crippen LogP contribution is 2.34. The molecule has 0 fully saturated rings. The van der Waals surface area contributed by atoms with Crippen molar-refractivity contribution >= 4 is 32.5 Å². The number of nitrogens with zero attached hydrogens (tertiary/aromatic N) is 3. The highest BCUT2D eigenvalue weighted by molar-refractivity contribution is 9.10. The van der Waals surface area contributed by atoms with Crippen LogP contribution in [-0.4, -0.2) is 14.7 Å². The quantitative estimate of drug-likeness (QED) is 0.598. The van der Waals surface area contributed by atoms with Crippen LogP contribution in [0.25, 0.3) is 10.9 Å². The second kappa shape index (κ2) is 3.80. The van der Waals surface area contributed by atoms with E-state index < -0.39 is 4.92 Å². The summed E-state index contributed by atoms with van der Waals surface area (Å²) in [6.45, 7) is 6.11. The molecule has 0 spiro atoms. The van der Waals surface area contributed by atoms with Crippen LogP contribution in [0.2, 0.25) is 0 Å². The average Bonchev–Trinajstić information content (AvgIpc) is 2.61. The Kier molecular flexibility index (Phi) is 2.69. The standard InChI is InChI=1S/C11H12BrN3O2/c1-11(2,3)14-8-4-5-9(15(16)17)10(12)7(8)6-13-14/h4-6H,1-3H3. The van der Waals surface area contributed by atoms with Crippen LogP contribution in [0.4, 0.5) is 5.69 Å². The van der Waals surface area contributed by atoms with Crippen LogP contribution in [-0.2, 0) is 5.54 Å². The summed E-state index contributed by atoms with van der Waals surface area (Å²) in [6.07, 6.45) is 1.65. The van der Waals surface area contributed by atoms with Gasteiger partial charge in [-0.2, -0.15) is 5.10 Å². The molecule has 0 atom stereocenters. The van der Waals surface area contributed by atoms with Crippen molar-refractivity contribution in [2.45, 2.75) is 26.3 Å². The van der Waals surface area contributed by atoms with E-state index in [0.717, 1.165) is 10.9 Å². The van der Waals surface area contributed by atoms with Crippen LogP contribution in [0.1, 0.15) is 20.8 Å². The Bertz CT molecular complexity index is 599. The number of nitro groups is 1. The van der Waals surface area contributed by atoms with Crippen molar-refractivity contribution in [1.82, 2.24) is 9.78 Å². The number of aromatic nitrogens is 2. The molecule has 0 aliphatic carbocycles. The topological polar surface area (TPSA) is 61.0 Å². The molecule has 5 nitrogen and oxygen atoms in total. The van der Waals surface area contributed by atoms with Crippen LogP contribution in [0.3, 0.4) is 0 Å². The van der Waals surface area contributed by atoms with Gasteiger partial charge in [-0.1, -0.05) is 0 Å². The number of hydrogen-bond donors (Lipinski definition) is 0. The van der Waals surface area contributed by atoms with Gasteiger partial charge in [0.25, 0.3) is 5.69 Å². The summed E-state index contributed by atoms with van der Waals surface area (Å²) in [5.74, 6) is 0. The lowest BCUT2D eigenvalue weighted by Gasteiger charge is -2.20. The van der Waals surface area contributed by atoms with E-state index in [1.54, 1.807) is 12.3 Å². The molecule has 0 amide bonds. The molecule has 0 saturated carbocycles. The third-order valence-corrected chi connectivity index (χ3v) is 3.33. The van der Waals surface area contributed by atoms with E-state index in [4.69, 9.17) is 0 Å². The zero-order valence-electron chi connectivity index (χ0n) is 9.77. The summed E-state index contributed by atoms with van der Waals surface area (Å²) in [6, 6.07) is 3.23. The maximum atomic E-state index is 10.8. The smallest absolute Gasteiger partial charge is 0.260 e. The van der Waals surface area contributed by atoms with Crippen LogP contribution in [0.5, 0.6) is 0 Å². The maximum absolute atomic E-state index is 10.8. The fourth-order valence-corrected chi connectivity index (χ4v) is 2.31. The second-order valence-corrected chi connectivity index (χ2v) is 5.61. The molecule has 1 aromatic carbocycles. The van der Waals surface area contributed by atoms with Gasteiger partial charge < -0.3 is 0 Å². The zero-order valence-corrected chi connectivity index (χ0v) is 11.4. The van der Waals surface area contributed by atoms with Crippen LogP contribution in [0.15, 0.2) is 22.8 Å². The molecular weight excluding hydrogens is 286 g/mol. The normalized spacial score (nSPS) is 12.0. The van der Waals surface area contributed by atoms with Crippen molar-refractivity contribution in [1.29, 1.82) is 0 Å². The van der Waals surface area contributed by atoms with Crippen molar-refractivity contribution in [3.8, 4) is 0 Å². The molecule has 0 unspecified atom stereocenters. The summed E-state index contributed by atoms with van der Waals surface area (Å²) < 4.78 is 2.34. The Hall–Kier alpha value is -1.43. The van der Waals surface area contributed by atoms with E-state index in [-0.39, 0.29) is 11.2 Å². The predicted octanol–water partition coefficient (Wildman–Crippen LogP) is 3.46. The van der Waals surface area contributed by atoms with Gasteiger partial charge in [0.1, 0.15) is 4.47 Å². The van der Waals surface area contributed by atoms with E-state index in [0.29, 0.717) is 4.47 Å². The molecule has 0 N–H and O–H groups in total. The second-order valence-electron chi connectivity index (χ2n) is 4.82. The molecule has 17 heavy (non-hydrogen) atoms. The van der Waals surface area contributed by atoms with E-state index in [1.807, 2.05) is 25.5 Å². The zero-order chi connectivity index (χ0) is 12.8. The lowest BCUT2D eigenvalue weighted by atomic mass is 10.1. The van der Waals surface area contributed by atoms with E-state index in [2.05, 4.69) is 21.0 Å². The number of hydrogen-bond acceptors (Lipinski definition) is 3. The first kappa shape index (κ1) is 12.0. The predicted molar refractivity (Wildman–Crippen MR) is 69.1 cm³/mol. The summed E-state index contributed by atoms with van der Waals surface area (Å²) in [4.78, 5) is 10.4. The Morgan fingerprint density at radius 3 is 2.59 bits per heavy atom. The van der Waals surface area contributed by atoms with Gasteiger partial charge in [0.05, 0.1) is 22.2 Å². The van der Waals surface area contributed by atoms with Gasteiger partial charge in [0.15, 0.2) is 0 Å². The molecule has 0 radical (unpaired) electrons. The summed E-state index contributed by atoms with van der Waals surface area (Å²) >= 11 is 3.27. The Morgan fingerprint density at radius 2 is 2.06 bits per heavy atom. The van der Waals surface area contributed by atoms with Gasteiger partial charge in [-0.15, -0.1) is 0 Å². The van der Waals surface area contributed by atoms with Gasteiger partial charge >= 0.3 is 0 Å². The molecule has 6 heteroatoms. The van der Waals surface area contributed by atoms with Gasteiger partial charge in [-0.3, -0.25) is 14.8 Å². The number of benzene rings is 1. The monoisotopic (exact) mass is 297 g/mol. The highest BCUT2D eigenvalue weighted by atomic mass is 79.9. The van der Waals surface area contributed by atoms with Crippen LogP contribution in [0, 0.1) is 10.1 Å². The molecule has 0 bridgehead atoms. The van der Waals surface area contributed by atoms with Crippen LogP contribution < -0.4 is 0 Å². The number of fused-ring (bicyclic) bond motifs is 1. The van der Waals surface area contributed by atoms with E-state index >= 15 is 0 Å². The van der Waals surface area contributed by atoms with Gasteiger partial charge in [-0.05, 0) is 42.8 Å². The Balaban J connectivity index is 2.75. The lowest BCUT2D eigenvalue weighted by Crippen LogP contribution is -2.22. The largest absolute Gasteiger partial charge is 0.284 e. The number of nitro benzene ring substituents is 1. The highest BCUT2D eigenvalue weighted by Gasteiger charge is 2.21. The van der Waals surface area contributed by atoms with Crippen molar-refractivity contribution in [3.63, 3.8) is 0 Å². The fraction of sp³-hybridized carbons (Fsp3) is 0.364. The molecule has 2 rings (SSSR count). The summed E-state index contributed by atoms with van der Waals surface area (Å²) in [5, 5.41) is 15.9. The van der Waals surface area contributed by atoms with E-state index in [1.165, 1.54) is 6.07 Å². The molecule has 0 saturated heterocycles. The van der Waals surface area contributed by atoms with Crippen LogP contribution >= 0.6 is 15.9 Å². The van der Waals surface area contributed by atoms with Crippen molar-refractivity contribution in [2.24, 2.45) is 0 Å². The first-order valence-electron chi connectivity index (χ1n) is 5.13. The number of rotatable bonds is 1. The molecule has 90 valence electrons. The third-order valence-electron chi connectivity index (χ3n) is 2.50. The van der Waals surface area contributed by atoms with E-state index in [9.17, 15) is 10.1 Å². The average molecular weight is 298 g/mol. The lowest BCUT2D eigenvalue weighted by molar-refractivity contribution is -0.385. The SMILES string of the molecule is CC(C)(C)n1ncc2c(Br)c([N+](=O)[O-])ccc21. The molecule has 2 aromatic rings. The molecule has 0 aliphatic rings. The fourth-order valence-electron chi connectivity index (χ4n) is 1.73. The van der Waals surface area contributed by atoms with Crippen molar-refractivity contribution in [3.05, 3.63) is 32.9 Å². The van der Waals surface area contributed by atoms with Crippen molar-refractivity contribution < 1.29 is 4.92 Å². The maximum Gasteiger partial charge on any atom is 0.284 e. The first-order valence-corrected chi connectivity index (χ1v) is 5.93. The Morgan fingerprint density at radius 1 is 1.41 bits per heavy atom. The minimum Gasteiger partial charge on any atom is -0.260 e. The minimum atomic E-state index is -0.405. The molecular formula is C11H12BrN3O2. The summed E-state index contributed by atoms with van der Waals surface area (Å²) in [7, 11) is 0. The Labute approximate surface area is 107 Å². The van der Waals surface area contributed by atoms with Crippen molar-refractivity contribution in [2.75, 3.05) is 0 Å². The first-order chi connectivity index (χ1) is 7.82. The van der Waals surface area contributed by atoms with Gasteiger partial charge in [0.2, 0.25) is 0 Å². The molecule has 1 aromatic heterocycles. The van der Waals surface area contributed by atoms with Gasteiger partial charge in [0, 0.05) is 11.5 Å². The molecule has 0 aliphatic heterocycles.